The molecular weight excluding hydrogens is 256 g/mol. The van der Waals surface area contributed by atoms with E-state index in [4.69, 9.17) is 16.6 Å². The van der Waals surface area contributed by atoms with Crippen LogP contribution in [0.4, 0.5) is 0 Å². The van der Waals surface area contributed by atoms with Gasteiger partial charge in [0.25, 0.3) is 0 Å². The van der Waals surface area contributed by atoms with E-state index in [0.29, 0.717) is 0 Å². The molecule has 2 nitrogen and oxygen atoms in total. The van der Waals surface area contributed by atoms with Crippen molar-refractivity contribution in [3.05, 3.63) is 29.6 Å². The Kier molecular flexibility index (Phi) is 3.09. The van der Waals surface area contributed by atoms with E-state index in [-0.39, 0.29) is 10.9 Å². The summed E-state index contributed by atoms with van der Waals surface area (Å²) < 4.78 is 2.44. The normalized spacial score (nSPS) is 19.4. The van der Waals surface area contributed by atoms with Crippen molar-refractivity contribution in [2.24, 2.45) is 0 Å². The first kappa shape index (κ1) is 13.0. The molecule has 1 aliphatic carbocycles. The van der Waals surface area contributed by atoms with Gasteiger partial charge in [-0.1, -0.05) is 13.0 Å². The van der Waals surface area contributed by atoms with E-state index in [1.54, 1.807) is 0 Å². The minimum absolute atomic E-state index is 0.0447. The zero-order valence-electron chi connectivity index (χ0n) is 11.9. The first-order chi connectivity index (χ1) is 9.07. The highest BCUT2D eigenvalue weighted by atomic mass is 35.5. The number of aromatic nitrogens is 2. The summed E-state index contributed by atoms with van der Waals surface area (Å²) in [6.45, 7) is 6.44. The molecule has 0 N–H and O–H groups in total. The standard InChI is InChI=1S/C16H21ClN2/c1-4-16(8-5-9-16)19-14-10-11(2)6-7-13(14)18-15(19)12(3)17/h6-7,10,12H,4-5,8-9H2,1-3H3. The van der Waals surface area contributed by atoms with Gasteiger partial charge in [0.15, 0.2) is 0 Å². The molecule has 1 heterocycles. The average molecular weight is 277 g/mol. The number of benzene rings is 1. The van der Waals surface area contributed by atoms with Crippen LogP contribution in [-0.2, 0) is 5.54 Å². The topological polar surface area (TPSA) is 17.8 Å². The molecule has 0 spiro atoms. The van der Waals surface area contributed by atoms with Crippen molar-refractivity contribution in [3.63, 3.8) is 0 Å². The lowest BCUT2D eigenvalue weighted by Gasteiger charge is -2.44. The predicted octanol–water partition coefficient (Wildman–Crippen LogP) is 4.93. The fraction of sp³-hybridized carbons (Fsp3) is 0.562. The molecule has 1 fully saturated rings. The number of aryl methyl sites for hydroxylation is 1. The SMILES string of the molecule is CCC1(n2c(C(C)Cl)nc3ccc(C)cc32)CCC1. The van der Waals surface area contributed by atoms with Crippen molar-refractivity contribution in [3.8, 4) is 0 Å². The maximum Gasteiger partial charge on any atom is 0.128 e. The van der Waals surface area contributed by atoms with Crippen LogP contribution in [0.5, 0.6) is 0 Å². The molecule has 1 aromatic carbocycles. The van der Waals surface area contributed by atoms with Crippen LogP contribution >= 0.6 is 11.6 Å². The van der Waals surface area contributed by atoms with Crippen LogP contribution in [0.3, 0.4) is 0 Å². The second-order valence-corrected chi connectivity index (χ2v) is 6.50. The Morgan fingerprint density at radius 1 is 1.42 bits per heavy atom. The molecule has 0 amide bonds. The van der Waals surface area contributed by atoms with Crippen molar-refractivity contribution < 1.29 is 0 Å². The third-order valence-electron chi connectivity index (χ3n) is 4.61. The van der Waals surface area contributed by atoms with Gasteiger partial charge < -0.3 is 4.57 Å². The molecule has 2 aromatic rings. The summed E-state index contributed by atoms with van der Waals surface area (Å²) in [7, 11) is 0. The van der Waals surface area contributed by atoms with Crippen molar-refractivity contribution in [2.75, 3.05) is 0 Å². The Hall–Kier alpha value is -1.02. The number of nitrogens with zero attached hydrogens (tertiary/aromatic N) is 2. The van der Waals surface area contributed by atoms with Gasteiger partial charge in [-0.25, -0.2) is 4.98 Å². The monoisotopic (exact) mass is 276 g/mol. The second kappa shape index (κ2) is 4.52. The summed E-state index contributed by atoms with van der Waals surface area (Å²) in [5.74, 6) is 1.03. The van der Waals surface area contributed by atoms with E-state index in [2.05, 4.69) is 36.6 Å². The van der Waals surface area contributed by atoms with E-state index in [9.17, 15) is 0 Å². The highest BCUT2D eigenvalue weighted by molar-refractivity contribution is 6.20. The van der Waals surface area contributed by atoms with Gasteiger partial charge in [-0.05, 0) is 57.2 Å². The Bertz CT molecular complexity index is 603. The summed E-state index contributed by atoms with van der Waals surface area (Å²) in [6, 6.07) is 6.49. The summed E-state index contributed by atoms with van der Waals surface area (Å²) in [5, 5.41) is -0.0447. The molecule has 3 rings (SSSR count). The number of fused-ring (bicyclic) bond motifs is 1. The molecular formula is C16H21ClN2. The Labute approximate surface area is 119 Å². The van der Waals surface area contributed by atoms with Gasteiger partial charge in [0.2, 0.25) is 0 Å². The van der Waals surface area contributed by atoms with E-state index in [1.165, 1.54) is 30.3 Å². The first-order valence-corrected chi connectivity index (χ1v) is 7.64. The Morgan fingerprint density at radius 2 is 2.16 bits per heavy atom. The molecule has 1 aliphatic rings. The lowest BCUT2D eigenvalue weighted by Crippen LogP contribution is -2.41. The van der Waals surface area contributed by atoms with Crippen LogP contribution in [0.2, 0.25) is 0 Å². The van der Waals surface area contributed by atoms with E-state index >= 15 is 0 Å². The number of alkyl halides is 1. The predicted molar refractivity (Wildman–Crippen MR) is 80.9 cm³/mol. The van der Waals surface area contributed by atoms with Gasteiger partial charge in [0.05, 0.1) is 16.4 Å². The van der Waals surface area contributed by atoms with Crippen LogP contribution < -0.4 is 0 Å². The van der Waals surface area contributed by atoms with Gasteiger partial charge >= 0.3 is 0 Å². The number of halogens is 1. The average Bonchev–Trinajstić information content (AvgIpc) is 2.68. The second-order valence-electron chi connectivity index (χ2n) is 5.85. The van der Waals surface area contributed by atoms with Crippen molar-refractivity contribution >= 4 is 22.6 Å². The molecule has 1 aromatic heterocycles. The van der Waals surface area contributed by atoms with Crippen LogP contribution in [0, 0.1) is 6.92 Å². The highest BCUT2D eigenvalue weighted by Crippen LogP contribution is 2.46. The number of imidazole rings is 1. The Morgan fingerprint density at radius 3 is 2.68 bits per heavy atom. The van der Waals surface area contributed by atoms with Crippen molar-refractivity contribution in [1.29, 1.82) is 0 Å². The minimum atomic E-state index is -0.0447. The molecule has 19 heavy (non-hydrogen) atoms. The van der Waals surface area contributed by atoms with Gasteiger partial charge in [0, 0.05) is 5.54 Å². The maximum absolute atomic E-state index is 6.38. The third kappa shape index (κ3) is 1.88. The summed E-state index contributed by atoms with van der Waals surface area (Å²) >= 11 is 6.38. The largest absolute Gasteiger partial charge is 0.321 e. The molecule has 0 saturated heterocycles. The smallest absolute Gasteiger partial charge is 0.128 e. The van der Waals surface area contributed by atoms with Gasteiger partial charge in [-0.15, -0.1) is 11.6 Å². The van der Waals surface area contributed by atoms with Gasteiger partial charge in [0.1, 0.15) is 5.82 Å². The Balaban J connectivity index is 2.30. The summed E-state index contributed by atoms with van der Waals surface area (Å²) in [5.41, 5.74) is 3.87. The summed E-state index contributed by atoms with van der Waals surface area (Å²) in [6.07, 6.45) is 4.97. The molecule has 0 bridgehead atoms. The van der Waals surface area contributed by atoms with Crippen LogP contribution in [-0.4, -0.2) is 9.55 Å². The van der Waals surface area contributed by atoms with E-state index in [1.807, 2.05) is 6.92 Å². The van der Waals surface area contributed by atoms with Crippen molar-refractivity contribution in [2.45, 2.75) is 57.4 Å². The number of hydrogen-bond acceptors (Lipinski definition) is 1. The lowest BCUT2D eigenvalue weighted by atomic mass is 9.74. The maximum atomic E-state index is 6.38. The minimum Gasteiger partial charge on any atom is -0.321 e. The lowest BCUT2D eigenvalue weighted by molar-refractivity contribution is 0.137. The van der Waals surface area contributed by atoms with Gasteiger partial charge in [-0.2, -0.15) is 0 Å². The third-order valence-corrected chi connectivity index (χ3v) is 4.80. The number of hydrogen-bond donors (Lipinski definition) is 0. The highest BCUT2D eigenvalue weighted by Gasteiger charge is 2.40. The fourth-order valence-corrected chi connectivity index (χ4v) is 3.44. The molecule has 0 aliphatic heterocycles. The first-order valence-electron chi connectivity index (χ1n) is 7.21. The molecule has 1 atom stereocenters. The quantitative estimate of drug-likeness (QED) is 0.727. The molecule has 1 saturated carbocycles. The van der Waals surface area contributed by atoms with Crippen LogP contribution in [0.15, 0.2) is 18.2 Å². The van der Waals surface area contributed by atoms with Crippen molar-refractivity contribution in [1.82, 2.24) is 9.55 Å². The molecule has 3 heteroatoms. The number of rotatable bonds is 3. The van der Waals surface area contributed by atoms with E-state index < -0.39 is 0 Å². The zero-order valence-corrected chi connectivity index (χ0v) is 12.7. The zero-order chi connectivity index (χ0) is 13.6. The fourth-order valence-electron chi connectivity index (χ4n) is 3.29. The summed E-state index contributed by atoms with van der Waals surface area (Å²) in [4.78, 5) is 4.78. The van der Waals surface area contributed by atoms with Crippen LogP contribution in [0.25, 0.3) is 11.0 Å². The van der Waals surface area contributed by atoms with Gasteiger partial charge in [-0.3, -0.25) is 0 Å². The molecule has 102 valence electrons. The molecule has 1 unspecified atom stereocenters. The molecule has 0 radical (unpaired) electrons. The van der Waals surface area contributed by atoms with Crippen LogP contribution in [0.1, 0.15) is 56.3 Å². The van der Waals surface area contributed by atoms with E-state index in [0.717, 1.165) is 17.8 Å².